The third-order valence-corrected chi connectivity index (χ3v) is 13.1. The number of carbonyl (C=O) groups is 2. The number of nitrogens with one attached hydrogen (secondary N) is 1. The van der Waals surface area contributed by atoms with Gasteiger partial charge in [-0.2, -0.15) is 0 Å². The predicted octanol–water partition coefficient (Wildman–Crippen LogP) is 10.1. The van der Waals surface area contributed by atoms with Gasteiger partial charge in [-0.1, -0.05) is 108 Å². The van der Waals surface area contributed by atoms with Crippen molar-refractivity contribution in [2.75, 3.05) is 0 Å². The van der Waals surface area contributed by atoms with E-state index >= 15 is 0 Å². The Labute approximate surface area is 266 Å². The van der Waals surface area contributed by atoms with Crippen LogP contribution in [0.3, 0.4) is 0 Å². The molecule has 0 aliphatic heterocycles. The molecule has 3 heteroatoms. The Morgan fingerprint density at radius 2 is 1.59 bits per heavy atom. The van der Waals surface area contributed by atoms with Crippen LogP contribution >= 0.6 is 0 Å². The molecule has 2 aromatic rings. The molecule has 6 rings (SSSR count). The van der Waals surface area contributed by atoms with E-state index in [0.717, 1.165) is 54.8 Å². The highest BCUT2D eigenvalue weighted by molar-refractivity contribution is 6.10. The van der Waals surface area contributed by atoms with E-state index in [0.29, 0.717) is 22.1 Å². The van der Waals surface area contributed by atoms with E-state index in [1.807, 2.05) is 42.5 Å². The van der Waals surface area contributed by atoms with E-state index in [4.69, 9.17) is 0 Å². The second kappa shape index (κ2) is 12.6. The average molecular weight is 594 g/mol. The van der Waals surface area contributed by atoms with E-state index in [2.05, 4.69) is 46.0 Å². The molecule has 0 unspecified atom stereocenters. The Bertz CT molecular complexity index is 1380. The number of allylic oxidation sites excluding steroid dienone is 1. The van der Waals surface area contributed by atoms with Gasteiger partial charge in [-0.05, 0) is 110 Å². The maximum absolute atomic E-state index is 13.4. The van der Waals surface area contributed by atoms with Gasteiger partial charge in [-0.25, -0.2) is 0 Å². The Morgan fingerprint density at radius 3 is 2.36 bits per heavy atom. The molecule has 3 fully saturated rings. The maximum Gasteiger partial charge on any atom is 0.251 e. The fourth-order valence-corrected chi connectivity index (χ4v) is 10.6. The topological polar surface area (TPSA) is 46.2 Å². The van der Waals surface area contributed by atoms with Crippen LogP contribution in [0.5, 0.6) is 0 Å². The summed E-state index contributed by atoms with van der Waals surface area (Å²) < 4.78 is 0. The van der Waals surface area contributed by atoms with Gasteiger partial charge in [0.25, 0.3) is 5.91 Å². The number of ketones is 1. The van der Waals surface area contributed by atoms with Gasteiger partial charge in [0.1, 0.15) is 0 Å². The molecule has 236 valence electrons. The Hall–Kier alpha value is -2.68. The zero-order chi connectivity index (χ0) is 31.1. The number of fused-ring (bicyclic) bond motifs is 5. The van der Waals surface area contributed by atoms with Crippen molar-refractivity contribution < 1.29 is 9.59 Å². The van der Waals surface area contributed by atoms with Crippen LogP contribution in [-0.4, -0.2) is 17.7 Å². The summed E-state index contributed by atoms with van der Waals surface area (Å²) in [7, 11) is 0. The van der Waals surface area contributed by atoms with Gasteiger partial charge in [0, 0.05) is 22.7 Å². The first kappa shape index (κ1) is 31.3. The molecule has 4 aliphatic rings. The van der Waals surface area contributed by atoms with Gasteiger partial charge < -0.3 is 5.32 Å². The average Bonchev–Trinajstić information content (AvgIpc) is 3.38. The summed E-state index contributed by atoms with van der Waals surface area (Å²) in [6.45, 7) is 12.5. The van der Waals surface area contributed by atoms with Crippen LogP contribution < -0.4 is 5.32 Å². The zero-order valence-corrected chi connectivity index (χ0v) is 27.9. The predicted molar refractivity (Wildman–Crippen MR) is 181 cm³/mol. The first-order valence-corrected chi connectivity index (χ1v) is 17.8. The molecular formula is C41H55NO2. The summed E-state index contributed by atoms with van der Waals surface area (Å²) in [6, 6.07) is 16.7. The Balaban J connectivity index is 1.10. The van der Waals surface area contributed by atoms with Crippen molar-refractivity contribution in [3.05, 3.63) is 82.9 Å². The second-order valence-corrected chi connectivity index (χ2v) is 16.0. The van der Waals surface area contributed by atoms with Crippen molar-refractivity contribution >= 4 is 11.7 Å². The van der Waals surface area contributed by atoms with Gasteiger partial charge in [0.2, 0.25) is 0 Å². The summed E-state index contributed by atoms with van der Waals surface area (Å²) in [5.74, 6) is 4.93. The minimum Gasteiger partial charge on any atom is -0.349 e. The number of amides is 1. The molecule has 2 aromatic carbocycles. The number of hydrogen-bond acceptors (Lipinski definition) is 2. The summed E-state index contributed by atoms with van der Waals surface area (Å²) in [5, 5.41) is 3.36. The van der Waals surface area contributed by atoms with Crippen LogP contribution in [0.2, 0.25) is 0 Å². The third-order valence-electron chi connectivity index (χ3n) is 13.1. The van der Waals surface area contributed by atoms with E-state index < -0.39 is 0 Å². The largest absolute Gasteiger partial charge is 0.349 e. The molecule has 8 atom stereocenters. The van der Waals surface area contributed by atoms with Gasteiger partial charge in [0.15, 0.2) is 5.78 Å². The molecule has 44 heavy (non-hydrogen) atoms. The molecule has 4 aliphatic carbocycles. The van der Waals surface area contributed by atoms with Gasteiger partial charge in [0.05, 0.1) is 0 Å². The molecule has 1 amide bonds. The number of rotatable bonds is 9. The maximum atomic E-state index is 13.4. The Kier molecular flexibility index (Phi) is 8.97. The molecular weight excluding hydrogens is 538 g/mol. The van der Waals surface area contributed by atoms with E-state index in [1.165, 1.54) is 51.4 Å². The number of hydrogen-bond donors (Lipinski definition) is 1. The van der Waals surface area contributed by atoms with Gasteiger partial charge in [-0.3, -0.25) is 9.59 Å². The van der Waals surface area contributed by atoms with Crippen molar-refractivity contribution in [3.63, 3.8) is 0 Å². The number of benzene rings is 2. The van der Waals surface area contributed by atoms with Crippen LogP contribution in [-0.2, 0) is 0 Å². The zero-order valence-electron chi connectivity index (χ0n) is 27.9. The van der Waals surface area contributed by atoms with Crippen molar-refractivity contribution in [3.8, 4) is 0 Å². The lowest BCUT2D eigenvalue weighted by Gasteiger charge is -2.58. The first-order chi connectivity index (χ1) is 21.1. The third kappa shape index (κ3) is 5.85. The molecule has 3 saturated carbocycles. The van der Waals surface area contributed by atoms with Crippen LogP contribution in [0.25, 0.3) is 0 Å². The molecule has 0 aromatic heterocycles. The summed E-state index contributed by atoms with van der Waals surface area (Å²) in [5.41, 5.74) is 4.16. The van der Waals surface area contributed by atoms with Crippen LogP contribution in [0.1, 0.15) is 132 Å². The van der Waals surface area contributed by atoms with Crippen molar-refractivity contribution in [1.29, 1.82) is 0 Å². The van der Waals surface area contributed by atoms with Crippen LogP contribution in [0.4, 0.5) is 0 Å². The summed E-state index contributed by atoms with van der Waals surface area (Å²) >= 11 is 0. The lowest BCUT2D eigenvalue weighted by atomic mass is 9.47. The van der Waals surface area contributed by atoms with Crippen LogP contribution in [0, 0.1) is 46.3 Å². The minimum absolute atomic E-state index is 0.0478. The quantitative estimate of drug-likeness (QED) is 0.232. The molecule has 3 nitrogen and oxygen atoms in total. The highest BCUT2D eigenvalue weighted by Gasteiger charge is 2.59. The second-order valence-electron chi connectivity index (χ2n) is 16.0. The molecule has 0 saturated heterocycles. The molecule has 0 bridgehead atoms. The lowest BCUT2D eigenvalue weighted by molar-refractivity contribution is -0.0513. The smallest absolute Gasteiger partial charge is 0.251 e. The van der Waals surface area contributed by atoms with E-state index in [-0.39, 0.29) is 23.1 Å². The van der Waals surface area contributed by atoms with Gasteiger partial charge >= 0.3 is 0 Å². The first-order valence-electron chi connectivity index (χ1n) is 17.8. The van der Waals surface area contributed by atoms with E-state index in [1.54, 1.807) is 17.7 Å². The van der Waals surface area contributed by atoms with Crippen molar-refractivity contribution in [2.45, 2.75) is 111 Å². The highest BCUT2D eigenvalue weighted by Crippen LogP contribution is 2.67. The lowest BCUT2D eigenvalue weighted by Crippen LogP contribution is -2.52. The van der Waals surface area contributed by atoms with Gasteiger partial charge in [-0.15, -0.1) is 0 Å². The monoisotopic (exact) mass is 593 g/mol. The van der Waals surface area contributed by atoms with E-state index in [9.17, 15) is 9.59 Å². The molecule has 0 radical (unpaired) electrons. The van der Waals surface area contributed by atoms with Crippen molar-refractivity contribution in [1.82, 2.24) is 5.32 Å². The normalized spacial score (nSPS) is 33.5. The standard InChI is InChI=1S/C41H55NO2/c1-27(2)11-9-12-28(3)35-19-20-36-34-18-17-32-26-33(21-23-40(32,4)37(34)22-24-41(35,36)5)42-39(44)31-16-10-15-30(25-31)38(43)29-13-7-6-8-14-29/h6-8,10,13-17,25,27-28,33-37H,9,11-12,18-24,26H2,1-5H3,(H,42,44)/t28-,33+,34+,35-,36+,37+,40+,41-/m1/s1. The summed E-state index contributed by atoms with van der Waals surface area (Å²) in [4.78, 5) is 26.4. The number of carbonyl (C=O) groups excluding carboxylic acids is 2. The summed E-state index contributed by atoms with van der Waals surface area (Å²) in [6.07, 6.45) is 16.8. The fraction of sp³-hybridized carbons (Fsp3) is 0.610. The van der Waals surface area contributed by atoms with Crippen LogP contribution in [0.15, 0.2) is 66.2 Å². The fourth-order valence-electron chi connectivity index (χ4n) is 10.6. The minimum atomic E-state index is -0.0662. The van der Waals surface area contributed by atoms with Crippen molar-refractivity contribution in [2.24, 2.45) is 46.3 Å². The SMILES string of the molecule is CC(C)CCC[C@@H](C)[C@H]1CC[C@H]2[C@@H]3CC=C4C[C@@H](NC(=O)c5cccc(C(=O)c6ccccc6)c5)CC[C@]4(C)[C@H]3CC[C@]12C. The molecule has 1 N–H and O–H groups in total. The highest BCUT2D eigenvalue weighted by atomic mass is 16.1. The Morgan fingerprint density at radius 1 is 0.841 bits per heavy atom. The molecule has 0 spiro atoms. The molecule has 0 heterocycles.